The Bertz CT molecular complexity index is 385. The lowest BCUT2D eigenvalue weighted by Crippen LogP contribution is -2.38. The Hall–Kier alpha value is -0.670. The molecular formula is C14H21NOS. The lowest BCUT2D eigenvalue weighted by molar-refractivity contribution is 0.0888. The summed E-state index contributed by atoms with van der Waals surface area (Å²) in [5, 5.41) is 0. The molecule has 2 nitrogen and oxygen atoms in total. The van der Waals surface area contributed by atoms with Gasteiger partial charge >= 0.3 is 0 Å². The molecule has 0 radical (unpaired) electrons. The SMILES string of the molecule is CCC1CCCN(CC(=O)c2ccc(C)s2)C1. The predicted molar refractivity (Wildman–Crippen MR) is 72.8 cm³/mol. The van der Waals surface area contributed by atoms with Crippen LogP contribution in [0.25, 0.3) is 0 Å². The molecule has 0 aromatic carbocycles. The molecule has 1 aliphatic heterocycles. The van der Waals surface area contributed by atoms with Crippen molar-refractivity contribution in [3.8, 4) is 0 Å². The Morgan fingerprint density at radius 2 is 2.35 bits per heavy atom. The lowest BCUT2D eigenvalue weighted by atomic mass is 9.95. The summed E-state index contributed by atoms with van der Waals surface area (Å²) in [7, 11) is 0. The van der Waals surface area contributed by atoms with Gasteiger partial charge in [0.05, 0.1) is 11.4 Å². The lowest BCUT2D eigenvalue weighted by Gasteiger charge is -2.31. The molecule has 1 atom stereocenters. The number of piperidine rings is 1. The topological polar surface area (TPSA) is 20.3 Å². The van der Waals surface area contributed by atoms with E-state index in [4.69, 9.17) is 0 Å². The van der Waals surface area contributed by atoms with Crippen LogP contribution < -0.4 is 0 Å². The monoisotopic (exact) mass is 251 g/mol. The van der Waals surface area contributed by atoms with Crippen LogP contribution in [-0.4, -0.2) is 30.3 Å². The van der Waals surface area contributed by atoms with Crippen LogP contribution in [-0.2, 0) is 0 Å². The van der Waals surface area contributed by atoms with Crippen molar-refractivity contribution in [2.75, 3.05) is 19.6 Å². The molecule has 1 saturated heterocycles. The molecule has 0 amide bonds. The van der Waals surface area contributed by atoms with Crippen LogP contribution in [0, 0.1) is 12.8 Å². The summed E-state index contributed by atoms with van der Waals surface area (Å²) in [6.45, 7) is 7.10. The van der Waals surface area contributed by atoms with Crippen LogP contribution in [0.4, 0.5) is 0 Å². The Kier molecular flexibility index (Phi) is 4.35. The van der Waals surface area contributed by atoms with Crippen LogP contribution in [0.5, 0.6) is 0 Å². The molecule has 94 valence electrons. The molecule has 1 fully saturated rings. The number of nitrogens with zero attached hydrogens (tertiary/aromatic N) is 1. The second kappa shape index (κ2) is 5.78. The number of Topliss-reactive ketones (excluding diaryl/α,β-unsaturated/α-hetero) is 1. The second-order valence-electron chi connectivity index (χ2n) is 4.99. The first-order valence-corrected chi connectivity index (χ1v) is 7.32. The smallest absolute Gasteiger partial charge is 0.186 e. The number of ketones is 1. The summed E-state index contributed by atoms with van der Waals surface area (Å²) in [6, 6.07) is 3.99. The average molecular weight is 251 g/mol. The van der Waals surface area contributed by atoms with Crippen molar-refractivity contribution in [2.45, 2.75) is 33.1 Å². The summed E-state index contributed by atoms with van der Waals surface area (Å²) < 4.78 is 0. The van der Waals surface area contributed by atoms with Crippen molar-refractivity contribution in [1.29, 1.82) is 0 Å². The fraction of sp³-hybridized carbons (Fsp3) is 0.643. The van der Waals surface area contributed by atoms with Gasteiger partial charge in [-0.05, 0) is 44.4 Å². The molecule has 2 rings (SSSR count). The molecule has 3 heteroatoms. The van der Waals surface area contributed by atoms with Crippen molar-refractivity contribution in [2.24, 2.45) is 5.92 Å². The highest BCUT2D eigenvalue weighted by atomic mass is 32.1. The van der Waals surface area contributed by atoms with E-state index in [2.05, 4.69) is 18.7 Å². The van der Waals surface area contributed by atoms with E-state index >= 15 is 0 Å². The maximum atomic E-state index is 12.1. The van der Waals surface area contributed by atoms with Crippen LogP contribution in [0.3, 0.4) is 0 Å². The predicted octanol–water partition coefficient (Wildman–Crippen LogP) is 3.36. The Morgan fingerprint density at radius 3 is 3.00 bits per heavy atom. The maximum absolute atomic E-state index is 12.1. The molecule has 0 aliphatic carbocycles. The zero-order valence-corrected chi connectivity index (χ0v) is 11.6. The van der Waals surface area contributed by atoms with Gasteiger partial charge in [-0.2, -0.15) is 0 Å². The first kappa shape index (κ1) is 12.8. The summed E-state index contributed by atoms with van der Waals surface area (Å²) in [4.78, 5) is 16.6. The molecule has 0 bridgehead atoms. The number of carbonyl (C=O) groups is 1. The van der Waals surface area contributed by atoms with Crippen LogP contribution in [0.2, 0.25) is 0 Å². The number of hydrogen-bond acceptors (Lipinski definition) is 3. The number of aryl methyl sites for hydroxylation is 1. The minimum absolute atomic E-state index is 0.292. The van der Waals surface area contributed by atoms with Gasteiger partial charge in [0.2, 0.25) is 0 Å². The van der Waals surface area contributed by atoms with E-state index in [1.807, 2.05) is 12.1 Å². The number of rotatable bonds is 4. The van der Waals surface area contributed by atoms with Gasteiger partial charge in [0, 0.05) is 11.4 Å². The summed E-state index contributed by atoms with van der Waals surface area (Å²) in [5.74, 6) is 1.08. The highest BCUT2D eigenvalue weighted by Crippen LogP contribution is 2.21. The summed E-state index contributed by atoms with van der Waals surface area (Å²) >= 11 is 1.61. The molecule has 1 aromatic rings. The van der Waals surface area contributed by atoms with Gasteiger partial charge in [-0.3, -0.25) is 9.69 Å². The fourth-order valence-corrected chi connectivity index (χ4v) is 3.29. The largest absolute Gasteiger partial charge is 0.296 e. The van der Waals surface area contributed by atoms with Crippen LogP contribution in [0.15, 0.2) is 12.1 Å². The summed E-state index contributed by atoms with van der Waals surface area (Å²) in [6.07, 6.45) is 3.82. The molecule has 17 heavy (non-hydrogen) atoms. The molecule has 0 spiro atoms. The second-order valence-corrected chi connectivity index (χ2v) is 6.27. The third kappa shape index (κ3) is 3.39. The quantitative estimate of drug-likeness (QED) is 0.765. The van der Waals surface area contributed by atoms with Gasteiger partial charge in [-0.1, -0.05) is 13.3 Å². The Balaban J connectivity index is 1.90. The van der Waals surface area contributed by atoms with Gasteiger partial charge in [0.15, 0.2) is 5.78 Å². The molecule has 0 N–H and O–H groups in total. The van der Waals surface area contributed by atoms with Gasteiger partial charge in [0.25, 0.3) is 0 Å². The van der Waals surface area contributed by atoms with Crippen LogP contribution in [0.1, 0.15) is 40.7 Å². The van der Waals surface area contributed by atoms with E-state index < -0.39 is 0 Å². The number of likely N-dealkylation sites (tertiary alicyclic amines) is 1. The van der Waals surface area contributed by atoms with E-state index in [1.165, 1.54) is 24.1 Å². The molecule has 0 saturated carbocycles. The average Bonchev–Trinajstić information content (AvgIpc) is 2.76. The Morgan fingerprint density at radius 1 is 1.53 bits per heavy atom. The van der Waals surface area contributed by atoms with E-state index in [1.54, 1.807) is 11.3 Å². The van der Waals surface area contributed by atoms with Gasteiger partial charge in [-0.15, -0.1) is 11.3 Å². The van der Waals surface area contributed by atoms with E-state index in [0.717, 1.165) is 23.9 Å². The molecule has 1 unspecified atom stereocenters. The fourth-order valence-electron chi connectivity index (χ4n) is 2.49. The van der Waals surface area contributed by atoms with Crippen molar-refractivity contribution in [3.05, 3.63) is 21.9 Å². The van der Waals surface area contributed by atoms with Crippen molar-refractivity contribution in [3.63, 3.8) is 0 Å². The highest BCUT2D eigenvalue weighted by molar-refractivity contribution is 7.14. The first-order chi connectivity index (χ1) is 8.19. The molecule has 2 heterocycles. The van der Waals surface area contributed by atoms with Gasteiger partial charge in [0.1, 0.15) is 0 Å². The first-order valence-electron chi connectivity index (χ1n) is 6.51. The third-order valence-corrected chi connectivity index (χ3v) is 4.60. The third-order valence-electron chi connectivity index (χ3n) is 3.56. The van der Waals surface area contributed by atoms with E-state index in [9.17, 15) is 4.79 Å². The zero-order chi connectivity index (χ0) is 12.3. The number of thiophene rings is 1. The van der Waals surface area contributed by atoms with Crippen molar-refractivity contribution < 1.29 is 4.79 Å². The normalized spacial score (nSPS) is 21.6. The molecule has 1 aromatic heterocycles. The summed E-state index contributed by atoms with van der Waals surface area (Å²) in [5.41, 5.74) is 0. The molecular weight excluding hydrogens is 230 g/mol. The van der Waals surface area contributed by atoms with E-state index in [-0.39, 0.29) is 0 Å². The number of carbonyl (C=O) groups excluding carboxylic acids is 1. The number of hydrogen-bond donors (Lipinski definition) is 0. The standard InChI is InChI=1S/C14H21NOS/c1-3-12-5-4-8-15(9-12)10-13(16)14-7-6-11(2)17-14/h6-7,12H,3-5,8-10H2,1-2H3. The molecule has 1 aliphatic rings. The minimum atomic E-state index is 0.292. The zero-order valence-electron chi connectivity index (χ0n) is 10.7. The highest BCUT2D eigenvalue weighted by Gasteiger charge is 2.21. The van der Waals surface area contributed by atoms with Gasteiger partial charge < -0.3 is 0 Å². The van der Waals surface area contributed by atoms with Crippen LogP contribution >= 0.6 is 11.3 Å². The van der Waals surface area contributed by atoms with Gasteiger partial charge in [-0.25, -0.2) is 0 Å². The van der Waals surface area contributed by atoms with E-state index in [0.29, 0.717) is 12.3 Å². The Labute approximate surface area is 108 Å². The van der Waals surface area contributed by atoms with Crippen molar-refractivity contribution in [1.82, 2.24) is 4.90 Å². The maximum Gasteiger partial charge on any atom is 0.186 e. The minimum Gasteiger partial charge on any atom is -0.296 e. The van der Waals surface area contributed by atoms with Crippen molar-refractivity contribution >= 4 is 17.1 Å².